The SMILES string of the molecule is CCCC(C)(CC)SC(CC(=O)O)C(=O)NC(CN)C(=O)NCC(C)NC(=O)C(CCC(=O)O)NC(=O)C(NC(=O)C(C)C(OC)C1CCCN1C(=O)CC(OC)C(C(C)CC)N(C)C(=O)C(NC(=O)C(C(C)C)N(C)CC(C)CC)C(C)C)C(C)O. The molecule has 1 aliphatic rings. The minimum absolute atomic E-state index is 0.0312. The van der Waals surface area contributed by atoms with Crippen molar-refractivity contribution >= 4 is 71.0 Å². The molecule has 1 heterocycles. The van der Waals surface area contributed by atoms with Crippen LogP contribution in [0.4, 0.5) is 0 Å². The predicted octanol–water partition coefficient (Wildman–Crippen LogP) is 2.87. The molecule has 0 aromatic rings. The predicted molar refractivity (Wildman–Crippen MR) is 335 cm³/mol. The van der Waals surface area contributed by atoms with E-state index in [1.165, 1.54) is 39.8 Å². The number of nitrogens with zero attached hydrogens (tertiary/aromatic N) is 3. The van der Waals surface area contributed by atoms with Gasteiger partial charge >= 0.3 is 11.9 Å². The van der Waals surface area contributed by atoms with Crippen molar-refractivity contribution in [3.8, 4) is 0 Å². The van der Waals surface area contributed by atoms with Crippen LogP contribution in [-0.4, -0.2) is 220 Å². The summed E-state index contributed by atoms with van der Waals surface area (Å²) in [6.45, 7) is 26.6. The number of aliphatic hydroxyl groups excluding tert-OH is 1. The number of carbonyl (C=O) groups excluding carboxylic acids is 8. The smallest absolute Gasteiger partial charge is 0.305 e. The average Bonchev–Trinajstić information content (AvgIpc) is 2.74. The number of rotatable bonds is 42. The van der Waals surface area contributed by atoms with Crippen molar-refractivity contribution in [2.75, 3.05) is 54.5 Å². The number of hydrogen-bond acceptors (Lipinski definition) is 16. The number of carbonyl (C=O) groups is 10. The van der Waals surface area contributed by atoms with Crippen molar-refractivity contribution in [2.45, 2.75) is 244 Å². The van der Waals surface area contributed by atoms with Gasteiger partial charge in [-0.3, -0.25) is 52.8 Å². The van der Waals surface area contributed by atoms with Crippen molar-refractivity contribution in [3.05, 3.63) is 0 Å². The molecular formula is C61H112N10O15S. The fraction of sp³-hybridized carbons (Fsp3) is 0.836. The summed E-state index contributed by atoms with van der Waals surface area (Å²) in [5.41, 5.74) is 5.87. The van der Waals surface area contributed by atoms with Crippen LogP contribution in [0.1, 0.15) is 168 Å². The standard InChI is InChI=1S/C61H112N10O15S/c1-19-27-61(14,22-4)87-45(30-48(76)77)57(81)66-42(31-62)55(79)63-32-38(11)64-56(80)41(25-26-47(74)75)65-58(82)50(40(13)72)68-54(78)39(12)53(86-18)43-24-23-28-71(43)46(73)29-44(85-17)52(37(10)21-3)70(16)60(84)49(34(5)6)67-59(83)51(35(7)8)69(15)33-36(9)20-2/h34-45,49-53,72H,19-33,62H2,1-18H3,(H,63,79)(H,64,80)(H,65,82)(H,66,81)(H,67,83)(H,68,78)(H,74,75)(H,76,77). The van der Waals surface area contributed by atoms with Crippen molar-refractivity contribution in [2.24, 2.45) is 35.3 Å². The van der Waals surface area contributed by atoms with E-state index in [1.54, 1.807) is 23.8 Å². The number of likely N-dealkylation sites (tertiary alicyclic amines) is 1. The van der Waals surface area contributed by atoms with Gasteiger partial charge in [-0.25, -0.2) is 0 Å². The van der Waals surface area contributed by atoms with Crippen molar-refractivity contribution in [3.63, 3.8) is 0 Å². The molecule has 0 aromatic carbocycles. The third-order valence-corrected chi connectivity index (χ3v) is 18.7. The van der Waals surface area contributed by atoms with E-state index >= 15 is 0 Å². The number of likely N-dealkylation sites (N-methyl/N-ethyl adjacent to an activating group) is 2. The number of thioether (sulfide) groups is 1. The molecule has 0 spiro atoms. The van der Waals surface area contributed by atoms with Gasteiger partial charge in [0.05, 0.1) is 60.4 Å². The molecule has 1 saturated heterocycles. The number of nitrogens with two attached hydrogens (primary N) is 1. The lowest BCUT2D eigenvalue weighted by Gasteiger charge is -2.41. The van der Waals surface area contributed by atoms with Gasteiger partial charge in [0.1, 0.15) is 24.2 Å². The van der Waals surface area contributed by atoms with Crippen LogP contribution in [0.5, 0.6) is 0 Å². The number of hydrogen-bond donors (Lipinski definition) is 10. The molecular weight excluding hydrogens is 1140 g/mol. The van der Waals surface area contributed by atoms with Crippen LogP contribution in [0, 0.1) is 29.6 Å². The van der Waals surface area contributed by atoms with E-state index in [1.807, 2.05) is 74.3 Å². The van der Waals surface area contributed by atoms with E-state index in [0.29, 0.717) is 44.7 Å². The highest BCUT2D eigenvalue weighted by molar-refractivity contribution is 8.01. The topological polar surface area (TPSA) is 358 Å². The Morgan fingerprint density at radius 3 is 1.83 bits per heavy atom. The minimum Gasteiger partial charge on any atom is -0.481 e. The molecule has 0 aliphatic carbocycles. The Bertz CT molecular complexity index is 2230. The van der Waals surface area contributed by atoms with Crippen LogP contribution in [0.3, 0.4) is 0 Å². The Balaban J connectivity index is 3.30. The van der Waals surface area contributed by atoms with Crippen LogP contribution in [0.15, 0.2) is 0 Å². The van der Waals surface area contributed by atoms with Gasteiger partial charge in [-0.1, -0.05) is 102 Å². The molecule has 0 aromatic heterocycles. The number of ether oxygens (including phenoxy) is 2. The van der Waals surface area contributed by atoms with Crippen LogP contribution < -0.4 is 37.6 Å². The Hall–Kier alpha value is -5.15. The van der Waals surface area contributed by atoms with Gasteiger partial charge < -0.3 is 72.2 Å². The van der Waals surface area contributed by atoms with Gasteiger partial charge in [0.2, 0.25) is 47.3 Å². The maximum Gasteiger partial charge on any atom is 0.305 e. The molecule has 1 rings (SSSR count). The van der Waals surface area contributed by atoms with Gasteiger partial charge in [0.15, 0.2) is 0 Å². The minimum atomic E-state index is -1.66. The molecule has 0 bridgehead atoms. The number of aliphatic hydroxyl groups is 1. The Morgan fingerprint density at radius 1 is 0.724 bits per heavy atom. The first kappa shape index (κ1) is 79.9. The highest BCUT2D eigenvalue weighted by atomic mass is 32.2. The normalized spacial score (nSPS) is 19.1. The first-order chi connectivity index (χ1) is 40.6. The molecule has 16 unspecified atom stereocenters. The molecule has 11 N–H and O–H groups in total. The van der Waals surface area contributed by atoms with Gasteiger partial charge in [0, 0.05) is 64.7 Å². The third kappa shape index (κ3) is 25.3. The lowest BCUT2D eigenvalue weighted by atomic mass is 9.89. The zero-order valence-electron chi connectivity index (χ0n) is 55.5. The number of carboxylic acids is 2. The highest BCUT2D eigenvalue weighted by Crippen LogP contribution is 2.38. The highest BCUT2D eigenvalue weighted by Gasteiger charge is 2.45. The summed E-state index contributed by atoms with van der Waals surface area (Å²) in [5.74, 6) is -8.46. The van der Waals surface area contributed by atoms with Crippen molar-refractivity contribution < 1.29 is 72.7 Å². The molecule has 0 saturated carbocycles. The van der Waals surface area contributed by atoms with Gasteiger partial charge in [-0.05, 0) is 76.7 Å². The van der Waals surface area contributed by atoms with Crippen molar-refractivity contribution in [1.29, 1.82) is 0 Å². The summed E-state index contributed by atoms with van der Waals surface area (Å²) in [6, 6.07) is -7.83. The second-order valence-electron chi connectivity index (χ2n) is 24.9. The number of aliphatic carboxylic acids is 2. The van der Waals surface area contributed by atoms with E-state index in [0.717, 1.165) is 19.3 Å². The summed E-state index contributed by atoms with van der Waals surface area (Å²) in [5, 5.41) is 44.9. The number of amides is 8. The van der Waals surface area contributed by atoms with E-state index in [2.05, 4.69) is 45.7 Å². The zero-order valence-corrected chi connectivity index (χ0v) is 56.3. The third-order valence-electron chi connectivity index (χ3n) is 16.9. The monoisotopic (exact) mass is 1260 g/mol. The van der Waals surface area contributed by atoms with Gasteiger partial charge in [0.25, 0.3) is 0 Å². The van der Waals surface area contributed by atoms with Crippen LogP contribution in [0.2, 0.25) is 0 Å². The molecule has 16 atom stereocenters. The molecule has 0 radical (unpaired) electrons. The molecule has 1 aliphatic heterocycles. The van der Waals surface area contributed by atoms with E-state index < -0.39 is 143 Å². The van der Waals surface area contributed by atoms with Gasteiger partial charge in [-0.2, -0.15) is 0 Å². The summed E-state index contributed by atoms with van der Waals surface area (Å²) in [4.78, 5) is 141. The molecule has 25 nitrogen and oxygen atoms in total. The fourth-order valence-corrected chi connectivity index (χ4v) is 12.9. The van der Waals surface area contributed by atoms with E-state index in [9.17, 15) is 63.3 Å². The van der Waals surface area contributed by atoms with Crippen LogP contribution >= 0.6 is 11.8 Å². The first-order valence-corrected chi connectivity index (χ1v) is 32.1. The van der Waals surface area contributed by atoms with Crippen molar-refractivity contribution in [1.82, 2.24) is 46.6 Å². The second kappa shape index (κ2) is 39.1. The Morgan fingerprint density at radius 2 is 1.33 bits per heavy atom. The lowest BCUT2D eigenvalue weighted by molar-refractivity contribution is -0.148. The summed E-state index contributed by atoms with van der Waals surface area (Å²) in [6.07, 6.45) is -0.0232. The first-order valence-electron chi connectivity index (χ1n) is 31.2. The second-order valence-corrected chi connectivity index (χ2v) is 26.7. The molecule has 87 heavy (non-hydrogen) atoms. The average molecular weight is 1260 g/mol. The number of methoxy groups -OCH3 is 2. The zero-order chi connectivity index (χ0) is 66.8. The summed E-state index contributed by atoms with van der Waals surface area (Å²) in [7, 11) is 6.49. The lowest BCUT2D eigenvalue weighted by Crippen LogP contribution is -2.60. The maximum absolute atomic E-state index is 14.6. The quantitative estimate of drug-likeness (QED) is 0.0420. The fourth-order valence-electron chi connectivity index (χ4n) is 11.3. The van der Waals surface area contributed by atoms with Crippen LogP contribution in [-0.2, 0) is 57.4 Å². The van der Waals surface area contributed by atoms with Crippen LogP contribution in [0.25, 0.3) is 0 Å². The molecule has 26 heteroatoms. The van der Waals surface area contributed by atoms with E-state index in [-0.39, 0.29) is 55.0 Å². The largest absolute Gasteiger partial charge is 0.481 e. The molecule has 1 fully saturated rings. The maximum atomic E-state index is 14.6. The summed E-state index contributed by atoms with van der Waals surface area (Å²) >= 11 is 1.23. The Kier molecular flexibility index (Phi) is 35.9. The number of carboxylic acid groups (broad SMARTS) is 2. The summed E-state index contributed by atoms with van der Waals surface area (Å²) < 4.78 is 11.6. The Labute approximate surface area is 522 Å². The molecule has 8 amide bonds. The number of nitrogens with one attached hydrogen (secondary N) is 6. The van der Waals surface area contributed by atoms with E-state index in [4.69, 9.17) is 15.2 Å². The van der Waals surface area contributed by atoms with Gasteiger partial charge in [-0.15, -0.1) is 11.8 Å². The molecule has 502 valence electrons.